The van der Waals surface area contributed by atoms with Crippen molar-refractivity contribution in [1.29, 1.82) is 0 Å². The highest BCUT2D eigenvalue weighted by Crippen LogP contribution is 2.36. The summed E-state index contributed by atoms with van der Waals surface area (Å²) in [5.41, 5.74) is 1.24. The molecule has 1 aromatic heterocycles. The number of ether oxygens (including phenoxy) is 1. The highest BCUT2D eigenvalue weighted by Gasteiger charge is 2.31. The van der Waals surface area contributed by atoms with Gasteiger partial charge in [0.15, 0.2) is 0 Å². The highest BCUT2D eigenvalue weighted by atomic mass is 19.4. The number of aliphatic hydroxyl groups excluding tert-OH is 1. The van der Waals surface area contributed by atoms with Crippen LogP contribution in [0.15, 0.2) is 42.7 Å². The Balaban J connectivity index is 2.06. The fourth-order valence-electron chi connectivity index (χ4n) is 2.48. The van der Waals surface area contributed by atoms with Gasteiger partial charge in [-0.05, 0) is 35.9 Å². The molecule has 0 atom stereocenters. The van der Waals surface area contributed by atoms with Crippen LogP contribution in [-0.4, -0.2) is 39.7 Å². The molecule has 9 heteroatoms. The van der Waals surface area contributed by atoms with Crippen LogP contribution in [0.1, 0.15) is 0 Å². The third-order valence-corrected chi connectivity index (χ3v) is 3.55. The second kappa shape index (κ2) is 7.04. The third kappa shape index (κ3) is 3.94. The first-order valence-corrected chi connectivity index (χ1v) is 7.56. The zero-order valence-corrected chi connectivity index (χ0v) is 13.3. The van der Waals surface area contributed by atoms with Gasteiger partial charge >= 0.3 is 6.36 Å². The van der Waals surface area contributed by atoms with Gasteiger partial charge in [-0.1, -0.05) is 6.07 Å². The molecule has 0 amide bonds. The first kappa shape index (κ1) is 17.7. The molecule has 136 valence electrons. The van der Waals surface area contributed by atoms with E-state index >= 15 is 0 Å². The molecule has 0 radical (unpaired) electrons. The van der Waals surface area contributed by atoms with E-state index in [-0.39, 0.29) is 24.5 Å². The topological polar surface area (TPSA) is 87.5 Å². The lowest BCUT2D eigenvalue weighted by atomic mass is 10.0. The van der Waals surface area contributed by atoms with Gasteiger partial charge in [0.05, 0.1) is 12.1 Å². The second-order valence-corrected chi connectivity index (χ2v) is 5.33. The molecule has 3 aromatic rings. The Morgan fingerprint density at radius 1 is 1.08 bits per heavy atom. The molecule has 0 fully saturated rings. The summed E-state index contributed by atoms with van der Waals surface area (Å²) >= 11 is 0. The molecular formula is C17H14F3N3O3. The van der Waals surface area contributed by atoms with Crippen molar-refractivity contribution in [2.24, 2.45) is 0 Å². The van der Waals surface area contributed by atoms with Gasteiger partial charge in [0.25, 0.3) is 0 Å². The van der Waals surface area contributed by atoms with Gasteiger partial charge in [0.1, 0.15) is 23.6 Å². The van der Waals surface area contributed by atoms with E-state index in [1.807, 2.05) is 0 Å². The average Bonchev–Trinajstić information content (AvgIpc) is 2.60. The van der Waals surface area contributed by atoms with Crippen molar-refractivity contribution >= 4 is 16.7 Å². The fourth-order valence-corrected chi connectivity index (χ4v) is 2.48. The maximum absolute atomic E-state index is 12.4. The minimum Gasteiger partial charge on any atom is -0.507 e. The molecule has 0 bridgehead atoms. The number of aromatic hydroxyl groups is 1. The Morgan fingerprint density at radius 2 is 1.88 bits per heavy atom. The number of aliphatic hydroxyl groups is 1. The van der Waals surface area contributed by atoms with Crippen molar-refractivity contribution in [2.45, 2.75) is 6.36 Å². The number of nitrogens with zero attached hydrogens (tertiary/aromatic N) is 2. The molecule has 3 rings (SSSR count). The van der Waals surface area contributed by atoms with Crippen LogP contribution in [0.25, 0.3) is 22.0 Å². The summed E-state index contributed by atoms with van der Waals surface area (Å²) in [4.78, 5) is 8.22. The van der Waals surface area contributed by atoms with Crippen LogP contribution in [0.2, 0.25) is 0 Å². The zero-order chi connectivity index (χ0) is 18.7. The summed E-state index contributed by atoms with van der Waals surface area (Å²) in [6.07, 6.45) is -3.47. The van der Waals surface area contributed by atoms with E-state index in [0.29, 0.717) is 22.3 Å². The lowest BCUT2D eigenvalue weighted by Crippen LogP contribution is -2.17. The quantitative estimate of drug-likeness (QED) is 0.643. The van der Waals surface area contributed by atoms with E-state index < -0.39 is 12.1 Å². The van der Waals surface area contributed by atoms with Crippen LogP contribution in [0.5, 0.6) is 11.5 Å². The van der Waals surface area contributed by atoms with Crippen LogP contribution < -0.4 is 10.1 Å². The maximum atomic E-state index is 12.4. The number of benzene rings is 2. The molecule has 0 saturated heterocycles. The van der Waals surface area contributed by atoms with Crippen LogP contribution in [0.4, 0.5) is 19.0 Å². The predicted octanol–water partition coefficient (Wildman–Crippen LogP) is 3.31. The predicted molar refractivity (Wildman–Crippen MR) is 88.9 cm³/mol. The Morgan fingerprint density at radius 3 is 2.62 bits per heavy atom. The maximum Gasteiger partial charge on any atom is 0.573 e. The number of phenols is 1. The zero-order valence-electron chi connectivity index (χ0n) is 13.3. The Kier molecular flexibility index (Phi) is 4.81. The molecule has 6 nitrogen and oxygen atoms in total. The summed E-state index contributed by atoms with van der Waals surface area (Å²) in [7, 11) is 0. The van der Waals surface area contributed by atoms with Gasteiger partial charge in [-0.25, -0.2) is 9.97 Å². The highest BCUT2D eigenvalue weighted by molar-refractivity contribution is 5.93. The molecular weight excluding hydrogens is 351 g/mol. The Labute approximate surface area is 145 Å². The minimum absolute atomic E-state index is 0.0944. The average molecular weight is 365 g/mol. The second-order valence-electron chi connectivity index (χ2n) is 5.33. The Bertz CT molecular complexity index is 932. The SMILES string of the molecule is OCCNc1ncnc2ccc(-c3cc(OC(F)(F)F)ccc3O)cc12. The van der Waals surface area contributed by atoms with Gasteiger partial charge in [0, 0.05) is 17.5 Å². The number of alkyl halides is 3. The monoisotopic (exact) mass is 365 g/mol. The lowest BCUT2D eigenvalue weighted by molar-refractivity contribution is -0.274. The normalized spacial score (nSPS) is 11.5. The molecule has 3 N–H and O–H groups in total. The molecule has 0 spiro atoms. The van der Waals surface area contributed by atoms with Crippen LogP contribution in [-0.2, 0) is 0 Å². The molecule has 0 aliphatic carbocycles. The molecule has 0 saturated carbocycles. The van der Waals surface area contributed by atoms with Crippen LogP contribution in [0, 0.1) is 0 Å². The molecule has 0 aliphatic heterocycles. The van der Waals surface area contributed by atoms with Crippen molar-refractivity contribution in [3.63, 3.8) is 0 Å². The number of anilines is 1. The van der Waals surface area contributed by atoms with Gasteiger partial charge in [-0.3, -0.25) is 0 Å². The summed E-state index contributed by atoms with van der Waals surface area (Å²) in [6, 6.07) is 8.19. The largest absolute Gasteiger partial charge is 0.573 e. The van der Waals surface area contributed by atoms with Gasteiger partial charge in [0.2, 0.25) is 0 Å². The van der Waals surface area contributed by atoms with Crippen LogP contribution in [0.3, 0.4) is 0 Å². The first-order chi connectivity index (χ1) is 12.4. The summed E-state index contributed by atoms with van der Waals surface area (Å²) < 4.78 is 41.2. The van der Waals surface area contributed by atoms with Crippen molar-refractivity contribution in [2.75, 3.05) is 18.5 Å². The van der Waals surface area contributed by atoms with E-state index in [1.54, 1.807) is 18.2 Å². The van der Waals surface area contributed by atoms with Gasteiger partial charge in [-0.15, -0.1) is 13.2 Å². The van der Waals surface area contributed by atoms with E-state index in [4.69, 9.17) is 5.11 Å². The van der Waals surface area contributed by atoms with E-state index in [9.17, 15) is 18.3 Å². The van der Waals surface area contributed by atoms with Gasteiger partial charge in [-0.2, -0.15) is 0 Å². The van der Waals surface area contributed by atoms with Crippen molar-refractivity contribution in [1.82, 2.24) is 9.97 Å². The summed E-state index contributed by atoms with van der Waals surface area (Å²) in [6.45, 7) is 0.180. The number of aromatic nitrogens is 2. The molecule has 2 aromatic carbocycles. The fraction of sp³-hybridized carbons (Fsp3) is 0.176. The number of hydrogen-bond acceptors (Lipinski definition) is 6. The van der Waals surface area contributed by atoms with Crippen molar-refractivity contribution in [3.8, 4) is 22.6 Å². The Hall–Kier alpha value is -3.07. The summed E-state index contributed by atoms with van der Waals surface area (Å²) in [5.74, 6) is -0.165. The number of hydrogen-bond donors (Lipinski definition) is 3. The first-order valence-electron chi connectivity index (χ1n) is 7.56. The number of phenolic OH excluding ortho intramolecular Hbond substituents is 1. The standard InChI is InChI=1S/C17H14F3N3O3/c18-17(19,20)26-11-2-4-15(25)12(8-11)10-1-3-14-13(7-10)16(21-5-6-24)23-9-22-14/h1-4,7-9,24-25H,5-6H2,(H,21,22,23). The number of rotatable bonds is 5. The smallest absolute Gasteiger partial charge is 0.507 e. The van der Waals surface area contributed by atoms with Gasteiger partial charge < -0.3 is 20.3 Å². The third-order valence-electron chi connectivity index (χ3n) is 3.55. The summed E-state index contributed by atoms with van der Waals surface area (Å²) in [5, 5.41) is 22.5. The molecule has 26 heavy (non-hydrogen) atoms. The molecule has 1 heterocycles. The van der Waals surface area contributed by atoms with Crippen molar-refractivity contribution < 1.29 is 28.1 Å². The van der Waals surface area contributed by atoms with E-state index in [1.165, 1.54) is 6.33 Å². The molecule has 0 unspecified atom stereocenters. The number of fused-ring (bicyclic) bond motifs is 1. The van der Waals surface area contributed by atoms with E-state index in [0.717, 1.165) is 18.2 Å². The van der Waals surface area contributed by atoms with Crippen LogP contribution >= 0.6 is 0 Å². The minimum atomic E-state index is -4.83. The molecule has 0 aliphatic rings. The number of halogens is 3. The lowest BCUT2D eigenvalue weighted by Gasteiger charge is -2.12. The van der Waals surface area contributed by atoms with E-state index in [2.05, 4.69) is 20.0 Å². The van der Waals surface area contributed by atoms with Crippen molar-refractivity contribution in [3.05, 3.63) is 42.7 Å². The number of nitrogens with one attached hydrogen (secondary N) is 1.